The molecule has 0 unspecified atom stereocenters. The zero-order valence-electron chi connectivity index (χ0n) is 8.33. The third kappa shape index (κ3) is 1.32. The number of benzene rings is 1. The Bertz CT molecular complexity index is 697. The maximum atomic E-state index is 11.3. The van der Waals surface area contributed by atoms with Crippen LogP contribution in [0.2, 0.25) is 0 Å². The van der Waals surface area contributed by atoms with E-state index in [0.717, 1.165) is 10.9 Å². The van der Waals surface area contributed by atoms with E-state index < -0.39 is 5.76 Å². The van der Waals surface area contributed by atoms with Crippen LogP contribution in [0.4, 0.5) is 0 Å². The topological polar surface area (TPSA) is 48.0 Å². The SMILES string of the molecule is O=c1occn1-c1ccc2ccccc2n1. The van der Waals surface area contributed by atoms with E-state index in [-0.39, 0.29) is 0 Å². The second kappa shape index (κ2) is 3.34. The third-order valence-corrected chi connectivity index (χ3v) is 2.41. The van der Waals surface area contributed by atoms with Crippen LogP contribution in [0.15, 0.2) is 58.1 Å². The molecule has 3 aromatic rings. The summed E-state index contributed by atoms with van der Waals surface area (Å²) in [7, 11) is 0. The van der Waals surface area contributed by atoms with Gasteiger partial charge in [-0.05, 0) is 18.2 Å². The Labute approximate surface area is 90.8 Å². The molecule has 0 atom stereocenters. The summed E-state index contributed by atoms with van der Waals surface area (Å²) in [4.78, 5) is 15.7. The van der Waals surface area contributed by atoms with Crippen molar-refractivity contribution in [3.8, 4) is 5.82 Å². The molecule has 0 saturated heterocycles. The van der Waals surface area contributed by atoms with Crippen LogP contribution in [0.5, 0.6) is 0 Å². The molecule has 0 saturated carbocycles. The summed E-state index contributed by atoms with van der Waals surface area (Å²) in [6.45, 7) is 0. The van der Waals surface area contributed by atoms with Crippen LogP contribution in [0.1, 0.15) is 0 Å². The Kier molecular flexibility index (Phi) is 1.86. The van der Waals surface area contributed by atoms with Crippen molar-refractivity contribution in [1.29, 1.82) is 0 Å². The van der Waals surface area contributed by atoms with E-state index in [1.807, 2.05) is 30.3 Å². The molecule has 4 heteroatoms. The number of hydrogen-bond acceptors (Lipinski definition) is 3. The minimum Gasteiger partial charge on any atom is -0.416 e. The molecule has 2 aromatic heterocycles. The molecule has 0 spiro atoms. The molecule has 1 aromatic carbocycles. The average molecular weight is 212 g/mol. The van der Waals surface area contributed by atoms with E-state index in [4.69, 9.17) is 4.42 Å². The molecule has 0 aliphatic rings. The van der Waals surface area contributed by atoms with Gasteiger partial charge in [0.05, 0.1) is 11.7 Å². The van der Waals surface area contributed by atoms with Gasteiger partial charge < -0.3 is 4.42 Å². The number of aromatic nitrogens is 2. The number of pyridine rings is 1. The fourth-order valence-electron chi connectivity index (χ4n) is 1.63. The molecule has 16 heavy (non-hydrogen) atoms. The smallest absolute Gasteiger partial charge is 0.416 e. The maximum absolute atomic E-state index is 11.3. The summed E-state index contributed by atoms with van der Waals surface area (Å²) in [6.07, 6.45) is 2.90. The van der Waals surface area contributed by atoms with Gasteiger partial charge >= 0.3 is 5.76 Å². The molecular formula is C12H8N2O2. The van der Waals surface area contributed by atoms with Crippen molar-refractivity contribution in [3.05, 3.63) is 59.4 Å². The predicted molar refractivity (Wildman–Crippen MR) is 59.6 cm³/mol. The van der Waals surface area contributed by atoms with Gasteiger partial charge in [0.25, 0.3) is 0 Å². The second-order valence-electron chi connectivity index (χ2n) is 3.40. The second-order valence-corrected chi connectivity index (χ2v) is 3.40. The van der Waals surface area contributed by atoms with E-state index in [1.54, 1.807) is 12.3 Å². The predicted octanol–water partition coefficient (Wildman–Crippen LogP) is 1.98. The molecule has 0 bridgehead atoms. The molecule has 2 heterocycles. The lowest BCUT2D eigenvalue weighted by molar-refractivity contribution is 0.503. The van der Waals surface area contributed by atoms with Gasteiger partial charge in [0.1, 0.15) is 12.1 Å². The minimum absolute atomic E-state index is 0.428. The Hall–Kier alpha value is -2.36. The molecule has 0 fully saturated rings. The standard InChI is InChI=1S/C12H8N2O2/c15-12-14(7-8-16-12)11-6-5-9-3-1-2-4-10(9)13-11/h1-8H. The van der Waals surface area contributed by atoms with Crippen LogP contribution in [-0.4, -0.2) is 9.55 Å². The van der Waals surface area contributed by atoms with Gasteiger partial charge in [-0.1, -0.05) is 18.2 Å². The van der Waals surface area contributed by atoms with Gasteiger partial charge in [0.2, 0.25) is 0 Å². The fourth-order valence-corrected chi connectivity index (χ4v) is 1.63. The summed E-state index contributed by atoms with van der Waals surface area (Å²) >= 11 is 0. The van der Waals surface area contributed by atoms with Gasteiger partial charge in [0.15, 0.2) is 0 Å². The van der Waals surface area contributed by atoms with E-state index in [9.17, 15) is 4.79 Å². The van der Waals surface area contributed by atoms with Crippen molar-refractivity contribution < 1.29 is 4.42 Å². The quantitative estimate of drug-likeness (QED) is 0.619. The lowest BCUT2D eigenvalue weighted by atomic mass is 10.2. The normalized spacial score (nSPS) is 10.8. The number of rotatable bonds is 1. The Morgan fingerprint density at radius 1 is 1.12 bits per heavy atom. The minimum atomic E-state index is -0.428. The molecule has 4 nitrogen and oxygen atoms in total. The van der Waals surface area contributed by atoms with Crippen molar-refractivity contribution in [2.75, 3.05) is 0 Å². The first-order chi connectivity index (χ1) is 7.84. The summed E-state index contributed by atoms with van der Waals surface area (Å²) in [5.41, 5.74) is 0.855. The monoisotopic (exact) mass is 212 g/mol. The van der Waals surface area contributed by atoms with Crippen LogP contribution in [0, 0.1) is 0 Å². The summed E-state index contributed by atoms with van der Waals surface area (Å²) in [5, 5.41) is 1.04. The van der Waals surface area contributed by atoms with Crippen LogP contribution in [0.25, 0.3) is 16.7 Å². The zero-order valence-corrected chi connectivity index (χ0v) is 8.33. The fraction of sp³-hybridized carbons (Fsp3) is 0. The molecule has 0 aliphatic heterocycles. The molecule has 0 N–H and O–H groups in total. The van der Waals surface area contributed by atoms with Crippen molar-refractivity contribution >= 4 is 10.9 Å². The Morgan fingerprint density at radius 2 is 2.00 bits per heavy atom. The number of para-hydroxylation sites is 1. The zero-order chi connectivity index (χ0) is 11.0. The first-order valence-electron chi connectivity index (χ1n) is 4.87. The largest absolute Gasteiger partial charge is 0.424 e. The summed E-state index contributed by atoms with van der Waals surface area (Å²) in [6, 6.07) is 11.5. The molecule has 0 aliphatic carbocycles. The van der Waals surface area contributed by atoms with E-state index in [2.05, 4.69) is 4.98 Å². The highest BCUT2D eigenvalue weighted by Crippen LogP contribution is 2.13. The highest BCUT2D eigenvalue weighted by atomic mass is 16.4. The lowest BCUT2D eigenvalue weighted by Gasteiger charge is -2.01. The third-order valence-electron chi connectivity index (χ3n) is 2.41. The van der Waals surface area contributed by atoms with Gasteiger partial charge in [-0.3, -0.25) is 0 Å². The maximum Gasteiger partial charge on any atom is 0.424 e. The molecule has 0 amide bonds. The van der Waals surface area contributed by atoms with Crippen LogP contribution < -0.4 is 5.76 Å². The summed E-state index contributed by atoms with van der Waals surface area (Å²) in [5.74, 6) is 0.139. The van der Waals surface area contributed by atoms with Crippen LogP contribution in [0.3, 0.4) is 0 Å². The first kappa shape index (κ1) is 8.91. The average Bonchev–Trinajstić information content (AvgIpc) is 2.75. The van der Waals surface area contributed by atoms with Gasteiger partial charge in [-0.25, -0.2) is 14.3 Å². The molecule has 78 valence electrons. The van der Waals surface area contributed by atoms with E-state index >= 15 is 0 Å². The van der Waals surface area contributed by atoms with Crippen molar-refractivity contribution in [3.63, 3.8) is 0 Å². The number of oxazole rings is 1. The van der Waals surface area contributed by atoms with Crippen LogP contribution in [-0.2, 0) is 0 Å². The Morgan fingerprint density at radius 3 is 2.81 bits per heavy atom. The van der Waals surface area contributed by atoms with E-state index in [0.29, 0.717) is 5.82 Å². The van der Waals surface area contributed by atoms with Crippen molar-refractivity contribution in [2.45, 2.75) is 0 Å². The molecular weight excluding hydrogens is 204 g/mol. The number of nitrogens with zero attached hydrogens (tertiary/aromatic N) is 2. The Balaban J connectivity index is 2.27. The van der Waals surface area contributed by atoms with Gasteiger partial charge in [-0.2, -0.15) is 0 Å². The van der Waals surface area contributed by atoms with Crippen LogP contribution >= 0.6 is 0 Å². The van der Waals surface area contributed by atoms with Crippen molar-refractivity contribution in [1.82, 2.24) is 9.55 Å². The molecule has 3 rings (SSSR count). The molecule has 0 radical (unpaired) electrons. The highest BCUT2D eigenvalue weighted by molar-refractivity contribution is 5.79. The highest BCUT2D eigenvalue weighted by Gasteiger charge is 2.03. The van der Waals surface area contributed by atoms with Crippen molar-refractivity contribution in [2.24, 2.45) is 0 Å². The number of hydrogen-bond donors (Lipinski definition) is 0. The summed E-state index contributed by atoms with van der Waals surface area (Å²) < 4.78 is 6.07. The van der Waals surface area contributed by atoms with Gasteiger partial charge in [-0.15, -0.1) is 0 Å². The lowest BCUT2D eigenvalue weighted by Crippen LogP contribution is -2.12. The van der Waals surface area contributed by atoms with E-state index in [1.165, 1.54) is 10.8 Å². The first-order valence-corrected chi connectivity index (χ1v) is 4.87. The van der Waals surface area contributed by atoms with Gasteiger partial charge in [0, 0.05) is 5.39 Å². The number of fused-ring (bicyclic) bond motifs is 1.